The fourth-order valence-corrected chi connectivity index (χ4v) is 1.45. The lowest BCUT2D eigenvalue weighted by Crippen LogP contribution is -2.12. The fraction of sp³-hybridized carbons (Fsp3) is 0.0909. The largest absolute Gasteiger partial charge is 0.497 e. The monoisotopic (exact) mass is 360 g/mol. The number of methoxy groups -OCH3 is 1. The molecule has 4 nitrogen and oxygen atoms in total. The summed E-state index contributed by atoms with van der Waals surface area (Å²) < 4.78 is 5.68. The van der Waals surface area contributed by atoms with Crippen LogP contribution in [-0.4, -0.2) is 19.2 Å². The first kappa shape index (κ1) is 13.9. The molecule has 0 saturated heterocycles. The van der Waals surface area contributed by atoms with E-state index in [1.165, 1.54) is 0 Å². The molecule has 0 unspecified atom stereocenters. The summed E-state index contributed by atoms with van der Waals surface area (Å²) in [5, 5.41) is 9.69. The summed E-state index contributed by atoms with van der Waals surface area (Å²) in [5.41, 5.74) is 0.622. The topological polar surface area (TPSA) is 62.2 Å². The van der Waals surface area contributed by atoms with Crippen molar-refractivity contribution in [2.75, 3.05) is 12.4 Å². The first-order valence-corrected chi connectivity index (χ1v) is 6.18. The van der Waals surface area contributed by atoms with E-state index in [4.69, 9.17) is 10.1 Å². The van der Waals surface area contributed by atoms with Crippen molar-refractivity contribution in [1.82, 2.24) is 0 Å². The molecule has 6 heteroatoms. The summed E-state index contributed by atoms with van der Waals surface area (Å²) in [6.45, 7) is 0. The van der Waals surface area contributed by atoms with Gasteiger partial charge in [-0.15, -0.1) is 0 Å². The quantitative estimate of drug-likeness (QED) is 0.638. The van der Waals surface area contributed by atoms with Crippen molar-refractivity contribution in [3.8, 4) is 5.75 Å². The van der Waals surface area contributed by atoms with E-state index >= 15 is 0 Å². The molecule has 1 rings (SSSR count). The van der Waals surface area contributed by atoms with E-state index in [-0.39, 0.29) is 10.4 Å². The Morgan fingerprint density at radius 2 is 2.18 bits per heavy atom. The van der Waals surface area contributed by atoms with Gasteiger partial charge < -0.3 is 15.5 Å². The van der Waals surface area contributed by atoms with Gasteiger partial charge in [0.05, 0.1) is 16.1 Å². The van der Waals surface area contributed by atoms with Gasteiger partial charge in [0.1, 0.15) is 5.75 Å². The lowest BCUT2D eigenvalue weighted by Gasteiger charge is -2.06. The Morgan fingerprint density at radius 1 is 1.47 bits per heavy atom. The van der Waals surface area contributed by atoms with Gasteiger partial charge in [-0.25, -0.2) is 0 Å². The van der Waals surface area contributed by atoms with Crippen LogP contribution >= 0.6 is 31.9 Å². The number of carbonyl (C=O) groups excluding carboxylic acids is 1. The third-order valence-electron chi connectivity index (χ3n) is 1.86. The first-order valence-electron chi connectivity index (χ1n) is 4.59. The van der Waals surface area contributed by atoms with E-state index in [0.717, 1.165) is 6.21 Å². The molecule has 0 heterocycles. The van der Waals surface area contributed by atoms with Crippen LogP contribution in [-0.2, 0) is 4.79 Å². The third-order valence-corrected chi connectivity index (χ3v) is 3.81. The Morgan fingerprint density at radius 3 is 2.76 bits per heavy atom. The number of allylic oxidation sites excluding steroid dienone is 1. The predicted octanol–water partition coefficient (Wildman–Crippen LogP) is 3.28. The summed E-state index contributed by atoms with van der Waals surface area (Å²) in [7, 11) is 1.56. The SMILES string of the molecule is COc1cccc(NC(=O)/C(Br)=C(/Br)C=N)c1. The molecule has 17 heavy (non-hydrogen) atoms. The van der Waals surface area contributed by atoms with E-state index in [1.807, 2.05) is 0 Å². The Balaban J connectivity index is 2.84. The summed E-state index contributed by atoms with van der Waals surface area (Å²) >= 11 is 6.19. The minimum absolute atomic E-state index is 0.260. The van der Waals surface area contributed by atoms with Crippen molar-refractivity contribution in [3.05, 3.63) is 33.2 Å². The second kappa shape index (κ2) is 6.56. The van der Waals surface area contributed by atoms with Crippen molar-refractivity contribution in [1.29, 1.82) is 5.41 Å². The van der Waals surface area contributed by atoms with Crippen LogP contribution in [0.2, 0.25) is 0 Å². The van der Waals surface area contributed by atoms with Crippen LogP contribution in [0.4, 0.5) is 5.69 Å². The molecule has 1 aromatic carbocycles. The van der Waals surface area contributed by atoms with Crippen LogP contribution in [0.25, 0.3) is 0 Å². The van der Waals surface area contributed by atoms with Crippen LogP contribution < -0.4 is 10.1 Å². The molecule has 0 aliphatic carbocycles. The van der Waals surface area contributed by atoms with Crippen LogP contribution in [0.5, 0.6) is 5.75 Å². The lowest BCUT2D eigenvalue weighted by molar-refractivity contribution is -0.112. The molecule has 0 fully saturated rings. The predicted molar refractivity (Wildman–Crippen MR) is 75.3 cm³/mol. The van der Waals surface area contributed by atoms with E-state index in [1.54, 1.807) is 31.4 Å². The van der Waals surface area contributed by atoms with Crippen LogP contribution in [0, 0.1) is 5.41 Å². The molecular formula is C11H10Br2N2O2. The lowest BCUT2D eigenvalue weighted by atomic mass is 10.3. The summed E-state index contributed by atoms with van der Waals surface area (Å²) in [5.74, 6) is 0.322. The Kier molecular flexibility index (Phi) is 5.37. The van der Waals surface area contributed by atoms with Gasteiger partial charge in [0.15, 0.2) is 0 Å². The number of nitrogens with one attached hydrogen (secondary N) is 2. The molecule has 0 aliphatic heterocycles. The van der Waals surface area contributed by atoms with E-state index in [0.29, 0.717) is 15.9 Å². The second-order valence-electron chi connectivity index (χ2n) is 2.99. The molecule has 0 aliphatic rings. The molecule has 0 radical (unpaired) electrons. The van der Waals surface area contributed by atoms with Gasteiger partial charge in [-0.3, -0.25) is 4.79 Å². The molecular weight excluding hydrogens is 352 g/mol. The third kappa shape index (κ3) is 3.98. The highest BCUT2D eigenvalue weighted by Gasteiger charge is 2.10. The van der Waals surface area contributed by atoms with Gasteiger partial charge in [0, 0.05) is 18.0 Å². The highest BCUT2D eigenvalue weighted by atomic mass is 79.9. The van der Waals surface area contributed by atoms with Gasteiger partial charge in [-0.05, 0) is 44.0 Å². The minimum atomic E-state index is -0.339. The number of ether oxygens (including phenoxy) is 1. The number of halogens is 2. The standard InChI is InChI=1S/C11H10Br2N2O2/c1-17-8-4-2-3-7(5-8)15-11(16)10(13)9(12)6-14/h2-6,14H,1H3,(H,15,16)/b10-9-,14-6?. The minimum Gasteiger partial charge on any atom is -0.497 e. The van der Waals surface area contributed by atoms with Gasteiger partial charge in [-0.2, -0.15) is 0 Å². The van der Waals surface area contributed by atoms with Crippen molar-refractivity contribution < 1.29 is 9.53 Å². The Hall–Kier alpha value is -1.14. The summed E-state index contributed by atoms with van der Waals surface area (Å²) in [6, 6.07) is 7.02. The van der Waals surface area contributed by atoms with Crippen LogP contribution in [0.15, 0.2) is 33.2 Å². The Labute approximate surface area is 116 Å². The average Bonchev–Trinajstić information content (AvgIpc) is 2.37. The zero-order chi connectivity index (χ0) is 12.8. The van der Waals surface area contributed by atoms with Crippen LogP contribution in [0.1, 0.15) is 0 Å². The maximum absolute atomic E-state index is 11.7. The average molecular weight is 362 g/mol. The van der Waals surface area contributed by atoms with E-state index < -0.39 is 0 Å². The maximum Gasteiger partial charge on any atom is 0.263 e. The number of anilines is 1. The first-order chi connectivity index (χ1) is 8.08. The molecule has 0 atom stereocenters. The number of carbonyl (C=O) groups is 1. The molecule has 2 N–H and O–H groups in total. The molecule has 0 aromatic heterocycles. The summed E-state index contributed by atoms with van der Waals surface area (Å²) in [4.78, 5) is 11.7. The van der Waals surface area contributed by atoms with E-state index in [2.05, 4.69) is 37.2 Å². The number of hydrogen-bond acceptors (Lipinski definition) is 3. The maximum atomic E-state index is 11.7. The smallest absolute Gasteiger partial charge is 0.263 e. The van der Waals surface area contributed by atoms with Crippen molar-refractivity contribution in [3.63, 3.8) is 0 Å². The van der Waals surface area contributed by atoms with Gasteiger partial charge in [-0.1, -0.05) is 6.07 Å². The van der Waals surface area contributed by atoms with E-state index in [9.17, 15) is 4.79 Å². The van der Waals surface area contributed by atoms with Gasteiger partial charge >= 0.3 is 0 Å². The molecule has 0 saturated carbocycles. The number of benzene rings is 1. The highest BCUT2D eigenvalue weighted by molar-refractivity contribution is 9.14. The number of hydrogen-bond donors (Lipinski definition) is 2. The zero-order valence-corrected chi connectivity index (χ0v) is 12.1. The number of rotatable bonds is 4. The molecule has 0 bridgehead atoms. The zero-order valence-electron chi connectivity index (χ0n) is 8.96. The fourth-order valence-electron chi connectivity index (χ4n) is 1.06. The highest BCUT2D eigenvalue weighted by Crippen LogP contribution is 2.21. The molecule has 0 spiro atoms. The van der Waals surface area contributed by atoms with Gasteiger partial charge in [0.25, 0.3) is 5.91 Å². The Bertz CT molecular complexity index is 472. The van der Waals surface area contributed by atoms with Crippen molar-refractivity contribution in [2.45, 2.75) is 0 Å². The normalized spacial score (nSPS) is 11.5. The molecule has 1 aromatic rings. The number of amides is 1. The van der Waals surface area contributed by atoms with Gasteiger partial charge in [0.2, 0.25) is 0 Å². The summed E-state index contributed by atoms with van der Waals surface area (Å²) in [6.07, 6.45) is 1.04. The van der Waals surface area contributed by atoms with Crippen LogP contribution in [0.3, 0.4) is 0 Å². The molecule has 90 valence electrons. The molecule has 1 amide bonds. The van der Waals surface area contributed by atoms with Crippen molar-refractivity contribution >= 4 is 49.7 Å². The second-order valence-corrected chi connectivity index (χ2v) is 4.64. The van der Waals surface area contributed by atoms with Crippen molar-refractivity contribution in [2.24, 2.45) is 0 Å².